The average molecular weight is 468 g/mol. The maximum Gasteiger partial charge on any atom is 0.227 e. The molecule has 3 aromatic carbocycles. The minimum absolute atomic E-state index is 0.0442. The molecular formula is C30H33N3O2. The lowest BCUT2D eigenvalue weighted by Gasteiger charge is -2.20. The van der Waals surface area contributed by atoms with Gasteiger partial charge in [-0.05, 0) is 47.7 Å². The molecule has 180 valence electrons. The third-order valence-corrected chi connectivity index (χ3v) is 6.95. The Morgan fingerprint density at radius 3 is 2.57 bits per heavy atom. The van der Waals surface area contributed by atoms with Crippen LogP contribution in [0.15, 0.2) is 72.8 Å². The zero-order valence-electron chi connectivity index (χ0n) is 20.8. The zero-order valence-corrected chi connectivity index (χ0v) is 20.8. The molecule has 0 spiro atoms. The van der Waals surface area contributed by atoms with Gasteiger partial charge < -0.3 is 14.2 Å². The molecule has 0 saturated carbocycles. The van der Waals surface area contributed by atoms with E-state index in [1.165, 1.54) is 11.1 Å². The second-order valence-electron chi connectivity index (χ2n) is 9.54. The number of hydrogen-bond donors (Lipinski definition) is 0. The number of carbonyl (C=O) groups is 1. The van der Waals surface area contributed by atoms with Crippen molar-refractivity contribution in [2.24, 2.45) is 0 Å². The Hall–Kier alpha value is -3.60. The largest absolute Gasteiger partial charge is 0.491 e. The Balaban J connectivity index is 1.41. The first-order valence-corrected chi connectivity index (χ1v) is 12.6. The van der Waals surface area contributed by atoms with E-state index in [-0.39, 0.29) is 11.8 Å². The SMILES string of the molecule is CCc1ccccc1N1CC(c2nc3ccccc3n2CCOc2ccccc2C(C)C)CC1=O. The van der Waals surface area contributed by atoms with Crippen LogP contribution in [-0.2, 0) is 17.8 Å². The summed E-state index contributed by atoms with van der Waals surface area (Å²) < 4.78 is 8.50. The minimum atomic E-state index is 0.0442. The highest BCUT2D eigenvalue weighted by Gasteiger charge is 2.35. The molecule has 1 fully saturated rings. The summed E-state index contributed by atoms with van der Waals surface area (Å²) in [6.07, 6.45) is 1.37. The van der Waals surface area contributed by atoms with E-state index in [4.69, 9.17) is 9.72 Å². The molecule has 5 nitrogen and oxygen atoms in total. The van der Waals surface area contributed by atoms with E-state index in [0.717, 1.165) is 34.7 Å². The lowest BCUT2D eigenvalue weighted by molar-refractivity contribution is -0.117. The Labute approximate surface area is 207 Å². The molecule has 35 heavy (non-hydrogen) atoms. The number of hydrogen-bond acceptors (Lipinski definition) is 3. The molecule has 4 aromatic rings. The van der Waals surface area contributed by atoms with Crippen molar-refractivity contribution in [1.82, 2.24) is 9.55 Å². The van der Waals surface area contributed by atoms with Gasteiger partial charge in [-0.2, -0.15) is 0 Å². The molecule has 0 aliphatic carbocycles. The van der Waals surface area contributed by atoms with E-state index >= 15 is 0 Å². The van der Waals surface area contributed by atoms with Gasteiger partial charge >= 0.3 is 0 Å². The second-order valence-corrected chi connectivity index (χ2v) is 9.54. The first-order valence-electron chi connectivity index (χ1n) is 12.6. The number of carbonyl (C=O) groups excluding carboxylic acids is 1. The molecule has 1 atom stereocenters. The molecule has 2 heterocycles. The summed E-state index contributed by atoms with van der Waals surface area (Å²) in [7, 11) is 0. The lowest BCUT2D eigenvalue weighted by Crippen LogP contribution is -2.25. The zero-order chi connectivity index (χ0) is 24.4. The van der Waals surface area contributed by atoms with Gasteiger partial charge in [0.2, 0.25) is 5.91 Å². The molecule has 1 saturated heterocycles. The van der Waals surface area contributed by atoms with E-state index < -0.39 is 0 Å². The monoisotopic (exact) mass is 467 g/mol. The summed E-state index contributed by atoms with van der Waals surface area (Å²) in [6.45, 7) is 8.37. The lowest BCUT2D eigenvalue weighted by atomic mass is 10.0. The van der Waals surface area contributed by atoms with Crippen LogP contribution in [0.25, 0.3) is 11.0 Å². The third-order valence-electron chi connectivity index (χ3n) is 6.95. The molecule has 1 unspecified atom stereocenters. The van der Waals surface area contributed by atoms with Gasteiger partial charge in [0.1, 0.15) is 18.2 Å². The smallest absolute Gasteiger partial charge is 0.227 e. The molecule has 1 amide bonds. The van der Waals surface area contributed by atoms with Crippen molar-refractivity contribution >= 4 is 22.6 Å². The van der Waals surface area contributed by atoms with Crippen molar-refractivity contribution in [2.75, 3.05) is 18.1 Å². The van der Waals surface area contributed by atoms with Crippen LogP contribution < -0.4 is 9.64 Å². The van der Waals surface area contributed by atoms with Gasteiger partial charge in [-0.25, -0.2) is 4.98 Å². The molecule has 0 bridgehead atoms. The number of imidazole rings is 1. The molecule has 0 radical (unpaired) electrons. The summed E-state index contributed by atoms with van der Waals surface area (Å²) in [4.78, 5) is 20.1. The fourth-order valence-electron chi connectivity index (χ4n) is 5.16. The summed E-state index contributed by atoms with van der Waals surface area (Å²) >= 11 is 0. The van der Waals surface area contributed by atoms with Gasteiger partial charge in [0, 0.05) is 24.6 Å². The van der Waals surface area contributed by atoms with Gasteiger partial charge in [-0.15, -0.1) is 0 Å². The van der Waals surface area contributed by atoms with Crippen molar-refractivity contribution in [3.05, 3.63) is 89.7 Å². The summed E-state index contributed by atoms with van der Waals surface area (Å²) in [5.41, 5.74) is 5.49. The summed E-state index contributed by atoms with van der Waals surface area (Å²) in [5.74, 6) is 2.51. The number of anilines is 1. The average Bonchev–Trinajstić information content (AvgIpc) is 3.44. The van der Waals surface area contributed by atoms with E-state index in [1.807, 2.05) is 47.4 Å². The number of para-hydroxylation sites is 4. The molecule has 1 aromatic heterocycles. The molecule has 1 aliphatic heterocycles. The second kappa shape index (κ2) is 9.95. The number of aromatic nitrogens is 2. The van der Waals surface area contributed by atoms with E-state index in [2.05, 4.69) is 55.7 Å². The predicted molar refractivity (Wildman–Crippen MR) is 141 cm³/mol. The van der Waals surface area contributed by atoms with E-state index in [9.17, 15) is 4.79 Å². The van der Waals surface area contributed by atoms with Crippen LogP contribution in [0.4, 0.5) is 5.69 Å². The molecule has 5 heteroatoms. The highest BCUT2D eigenvalue weighted by molar-refractivity contribution is 5.97. The van der Waals surface area contributed by atoms with Crippen molar-refractivity contribution in [3.63, 3.8) is 0 Å². The van der Waals surface area contributed by atoms with Crippen molar-refractivity contribution in [2.45, 2.75) is 52.0 Å². The number of ether oxygens (including phenoxy) is 1. The van der Waals surface area contributed by atoms with Gasteiger partial charge in [0.25, 0.3) is 0 Å². The fraction of sp³-hybridized carbons (Fsp3) is 0.333. The van der Waals surface area contributed by atoms with Crippen LogP contribution >= 0.6 is 0 Å². The van der Waals surface area contributed by atoms with E-state index in [0.29, 0.717) is 32.0 Å². The van der Waals surface area contributed by atoms with Gasteiger partial charge in [0.05, 0.1) is 17.6 Å². The first-order chi connectivity index (χ1) is 17.1. The fourth-order valence-corrected chi connectivity index (χ4v) is 5.16. The third kappa shape index (κ3) is 4.55. The quantitative estimate of drug-likeness (QED) is 0.305. The van der Waals surface area contributed by atoms with Crippen LogP contribution in [0, 0.1) is 0 Å². The van der Waals surface area contributed by atoms with Crippen LogP contribution in [0.5, 0.6) is 5.75 Å². The molecule has 5 rings (SSSR count). The molecular weight excluding hydrogens is 434 g/mol. The highest BCUT2D eigenvalue weighted by Crippen LogP contribution is 2.35. The number of benzene rings is 3. The van der Waals surface area contributed by atoms with Crippen molar-refractivity contribution in [1.29, 1.82) is 0 Å². The Morgan fingerprint density at radius 1 is 1.00 bits per heavy atom. The van der Waals surface area contributed by atoms with Crippen LogP contribution in [-0.4, -0.2) is 28.6 Å². The Morgan fingerprint density at radius 2 is 1.74 bits per heavy atom. The number of amides is 1. The summed E-state index contributed by atoms with van der Waals surface area (Å²) in [6, 6.07) is 24.7. The maximum absolute atomic E-state index is 13.1. The molecule has 0 N–H and O–H groups in total. The minimum Gasteiger partial charge on any atom is -0.491 e. The van der Waals surface area contributed by atoms with Gasteiger partial charge in [0.15, 0.2) is 0 Å². The van der Waals surface area contributed by atoms with Gasteiger partial charge in [-0.1, -0.05) is 69.3 Å². The van der Waals surface area contributed by atoms with Crippen LogP contribution in [0.3, 0.4) is 0 Å². The van der Waals surface area contributed by atoms with Crippen molar-refractivity contribution in [3.8, 4) is 5.75 Å². The topological polar surface area (TPSA) is 47.4 Å². The maximum atomic E-state index is 13.1. The Kier molecular flexibility index (Phi) is 6.58. The highest BCUT2D eigenvalue weighted by atomic mass is 16.5. The number of aryl methyl sites for hydroxylation is 1. The van der Waals surface area contributed by atoms with E-state index in [1.54, 1.807) is 0 Å². The van der Waals surface area contributed by atoms with Gasteiger partial charge in [-0.3, -0.25) is 4.79 Å². The van der Waals surface area contributed by atoms with Crippen LogP contribution in [0.2, 0.25) is 0 Å². The Bertz CT molecular complexity index is 1340. The van der Waals surface area contributed by atoms with Crippen LogP contribution in [0.1, 0.15) is 56.0 Å². The van der Waals surface area contributed by atoms with Crippen molar-refractivity contribution < 1.29 is 9.53 Å². The first kappa shape index (κ1) is 23.2. The number of nitrogens with zero attached hydrogens (tertiary/aromatic N) is 3. The molecule has 1 aliphatic rings. The predicted octanol–water partition coefficient (Wildman–Crippen LogP) is 6.32. The summed E-state index contributed by atoms with van der Waals surface area (Å²) in [5, 5.41) is 0. The standard InChI is InChI=1S/C30H33N3O2/c1-4-22-11-5-8-14-26(22)33-20-23(19-29(33)34)30-31-25-13-7-9-15-27(25)32(30)17-18-35-28-16-10-6-12-24(28)21(2)3/h5-16,21,23H,4,17-20H2,1-3H3. The normalized spacial score (nSPS) is 15.9. The number of fused-ring (bicyclic) bond motifs is 1. The number of rotatable bonds is 8.